The number of rotatable bonds is 4. The summed E-state index contributed by atoms with van der Waals surface area (Å²) >= 11 is 9.28. The molecule has 2 aromatic rings. The van der Waals surface area contributed by atoms with Gasteiger partial charge in [0.25, 0.3) is 0 Å². The second kappa shape index (κ2) is 7.36. The van der Waals surface area contributed by atoms with Gasteiger partial charge in [-0.2, -0.15) is 0 Å². The molecule has 0 bridgehead atoms. The Morgan fingerprint density at radius 1 is 1.39 bits per heavy atom. The maximum atomic E-state index is 12.1. The maximum absolute atomic E-state index is 12.1. The third-order valence-corrected chi connectivity index (χ3v) is 4.02. The molecule has 0 saturated heterocycles. The third kappa shape index (κ3) is 5.55. The molecule has 124 valence electrons. The van der Waals surface area contributed by atoms with Crippen molar-refractivity contribution in [1.82, 2.24) is 15.3 Å². The largest absolute Gasteiger partial charge is 0.444 e. The number of alkyl carbamates (subject to hydrolysis) is 1. The quantitative estimate of drug-likeness (QED) is 0.786. The van der Waals surface area contributed by atoms with Crippen LogP contribution in [0, 0.1) is 0 Å². The molecular formula is C16H19BrClN3O2. The summed E-state index contributed by atoms with van der Waals surface area (Å²) in [4.78, 5) is 19.4. The summed E-state index contributed by atoms with van der Waals surface area (Å²) < 4.78 is 5.84. The van der Waals surface area contributed by atoms with E-state index in [4.69, 9.17) is 16.3 Å². The smallest absolute Gasteiger partial charge is 0.408 e. The first-order chi connectivity index (χ1) is 10.7. The van der Waals surface area contributed by atoms with E-state index >= 15 is 0 Å². The number of amides is 1. The van der Waals surface area contributed by atoms with Crippen molar-refractivity contribution in [2.75, 3.05) is 0 Å². The Labute approximate surface area is 148 Å². The van der Waals surface area contributed by atoms with Crippen molar-refractivity contribution < 1.29 is 9.53 Å². The van der Waals surface area contributed by atoms with E-state index in [0.717, 1.165) is 5.56 Å². The van der Waals surface area contributed by atoms with E-state index in [1.54, 1.807) is 0 Å². The summed E-state index contributed by atoms with van der Waals surface area (Å²) in [6, 6.07) is 9.44. The molecule has 7 heteroatoms. The van der Waals surface area contributed by atoms with Crippen molar-refractivity contribution in [3.63, 3.8) is 0 Å². The normalized spacial score (nSPS) is 12.7. The summed E-state index contributed by atoms with van der Waals surface area (Å²) in [5, 5.41) is 3.24. The minimum Gasteiger partial charge on any atom is -0.444 e. The first-order valence-electron chi connectivity index (χ1n) is 7.19. The Hall–Kier alpha value is -1.53. The van der Waals surface area contributed by atoms with Crippen molar-refractivity contribution >= 4 is 33.6 Å². The number of imidazole rings is 1. The highest BCUT2D eigenvalue weighted by Gasteiger charge is 2.23. The molecule has 0 aliphatic rings. The molecule has 1 heterocycles. The minimum atomic E-state index is -0.567. The fourth-order valence-corrected chi connectivity index (χ4v) is 2.46. The SMILES string of the molecule is CC(C)(C)OC(=O)NC(Cc1ccccc1)c1nc(Br)c(Cl)[nH]1. The number of aromatic amines is 1. The van der Waals surface area contributed by atoms with Gasteiger partial charge in [-0.15, -0.1) is 0 Å². The van der Waals surface area contributed by atoms with Gasteiger partial charge in [0, 0.05) is 6.42 Å². The lowest BCUT2D eigenvalue weighted by atomic mass is 10.1. The van der Waals surface area contributed by atoms with Crippen molar-refractivity contribution in [3.8, 4) is 0 Å². The van der Waals surface area contributed by atoms with Gasteiger partial charge in [-0.25, -0.2) is 9.78 Å². The molecule has 0 radical (unpaired) electrons. The molecule has 1 amide bonds. The molecule has 1 aromatic carbocycles. The molecule has 0 aliphatic heterocycles. The number of carbonyl (C=O) groups is 1. The topological polar surface area (TPSA) is 67.0 Å². The Bertz CT molecular complexity index is 648. The number of aromatic nitrogens is 2. The summed E-state index contributed by atoms with van der Waals surface area (Å²) in [6.07, 6.45) is 0.0678. The van der Waals surface area contributed by atoms with Crippen LogP contribution < -0.4 is 5.32 Å². The second-order valence-electron chi connectivity index (χ2n) is 6.12. The van der Waals surface area contributed by atoms with Gasteiger partial charge in [0.15, 0.2) is 0 Å². The summed E-state index contributed by atoms with van der Waals surface area (Å²) in [5.74, 6) is 0.566. The van der Waals surface area contributed by atoms with Crippen molar-refractivity contribution in [3.05, 3.63) is 51.5 Å². The molecule has 0 aliphatic carbocycles. The van der Waals surface area contributed by atoms with E-state index in [9.17, 15) is 4.79 Å². The van der Waals surface area contributed by atoms with Crippen LogP contribution in [0.2, 0.25) is 5.15 Å². The molecule has 1 atom stereocenters. The van der Waals surface area contributed by atoms with Gasteiger partial charge in [-0.3, -0.25) is 0 Å². The van der Waals surface area contributed by atoms with Gasteiger partial charge in [0.05, 0.1) is 6.04 Å². The average molecular weight is 401 g/mol. The molecule has 0 saturated carbocycles. The van der Waals surface area contributed by atoms with Gasteiger partial charge in [0.1, 0.15) is 21.2 Å². The monoisotopic (exact) mass is 399 g/mol. The van der Waals surface area contributed by atoms with Crippen LogP contribution >= 0.6 is 27.5 Å². The summed E-state index contributed by atoms with van der Waals surface area (Å²) in [5.41, 5.74) is 0.500. The zero-order valence-corrected chi connectivity index (χ0v) is 15.5. The number of halogens is 2. The van der Waals surface area contributed by atoms with Crippen LogP contribution in [0.4, 0.5) is 4.79 Å². The molecule has 2 N–H and O–H groups in total. The molecule has 5 nitrogen and oxygen atoms in total. The Balaban J connectivity index is 2.19. The molecule has 1 unspecified atom stereocenters. The lowest BCUT2D eigenvalue weighted by molar-refractivity contribution is 0.0501. The Morgan fingerprint density at radius 2 is 2.04 bits per heavy atom. The number of ether oxygens (including phenoxy) is 1. The maximum Gasteiger partial charge on any atom is 0.408 e. The Kier molecular flexibility index (Phi) is 5.70. The van der Waals surface area contributed by atoms with E-state index in [2.05, 4.69) is 31.2 Å². The minimum absolute atomic E-state index is 0.379. The van der Waals surface area contributed by atoms with Gasteiger partial charge < -0.3 is 15.0 Å². The van der Waals surface area contributed by atoms with Crippen molar-refractivity contribution in [2.24, 2.45) is 0 Å². The number of hydrogen-bond donors (Lipinski definition) is 2. The van der Waals surface area contributed by atoms with Crippen molar-refractivity contribution in [1.29, 1.82) is 0 Å². The van der Waals surface area contributed by atoms with E-state index in [-0.39, 0.29) is 6.04 Å². The first kappa shape index (κ1) is 17.8. The molecule has 0 spiro atoms. The molecule has 2 rings (SSSR count). The lowest BCUT2D eigenvalue weighted by Crippen LogP contribution is -2.36. The van der Waals surface area contributed by atoms with Gasteiger partial charge in [0.2, 0.25) is 0 Å². The fraction of sp³-hybridized carbons (Fsp3) is 0.375. The predicted octanol–water partition coefficient (Wildman–Crippen LogP) is 4.63. The van der Waals surface area contributed by atoms with Gasteiger partial charge in [-0.05, 0) is 42.3 Å². The highest BCUT2D eigenvalue weighted by Crippen LogP contribution is 2.24. The summed E-state index contributed by atoms with van der Waals surface area (Å²) in [6.45, 7) is 5.46. The highest BCUT2D eigenvalue weighted by atomic mass is 79.9. The van der Waals surface area contributed by atoms with Gasteiger partial charge in [-0.1, -0.05) is 41.9 Å². The standard InChI is InChI=1S/C16H19BrClN3O2/c1-16(2,3)23-15(22)19-11(9-10-7-5-4-6-8-10)14-20-12(17)13(18)21-14/h4-8,11H,9H2,1-3H3,(H,19,22)(H,20,21). The number of carbonyl (C=O) groups excluding carboxylic acids is 1. The van der Waals surface area contributed by atoms with Crippen LogP contribution in [-0.2, 0) is 11.2 Å². The van der Waals surface area contributed by atoms with Crippen LogP contribution in [0.15, 0.2) is 34.9 Å². The number of benzene rings is 1. The number of H-pyrrole nitrogens is 1. The average Bonchev–Trinajstić information content (AvgIpc) is 2.77. The number of nitrogens with zero attached hydrogens (tertiary/aromatic N) is 1. The fourth-order valence-electron chi connectivity index (χ4n) is 2.03. The molecule has 0 fully saturated rings. The zero-order valence-electron chi connectivity index (χ0n) is 13.2. The molecule has 1 aromatic heterocycles. The third-order valence-electron chi connectivity index (χ3n) is 2.94. The highest BCUT2D eigenvalue weighted by molar-refractivity contribution is 9.10. The number of hydrogen-bond acceptors (Lipinski definition) is 3. The molecule has 23 heavy (non-hydrogen) atoms. The van der Waals surface area contributed by atoms with E-state index in [1.165, 1.54) is 0 Å². The van der Waals surface area contributed by atoms with Crippen LogP contribution in [0.1, 0.15) is 38.2 Å². The van der Waals surface area contributed by atoms with Crippen molar-refractivity contribution in [2.45, 2.75) is 38.8 Å². The van der Waals surface area contributed by atoms with E-state index < -0.39 is 11.7 Å². The first-order valence-corrected chi connectivity index (χ1v) is 8.36. The van der Waals surface area contributed by atoms with Crippen LogP contribution in [0.25, 0.3) is 0 Å². The van der Waals surface area contributed by atoms with E-state index in [0.29, 0.717) is 22.0 Å². The predicted molar refractivity (Wildman–Crippen MR) is 93.6 cm³/mol. The van der Waals surface area contributed by atoms with E-state index in [1.807, 2.05) is 51.1 Å². The summed E-state index contributed by atoms with van der Waals surface area (Å²) in [7, 11) is 0. The number of nitrogens with one attached hydrogen (secondary N) is 2. The molecular weight excluding hydrogens is 382 g/mol. The zero-order chi connectivity index (χ0) is 17.0. The second-order valence-corrected chi connectivity index (χ2v) is 7.24. The van der Waals surface area contributed by atoms with Crippen LogP contribution in [-0.4, -0.2) is 21.7 Å². The Morgan fingerprint density at radius 3 is 2.57 bits per heavy atom. The van der Waals surface area contributed by atoms with Crippen LogP contribution in [0.5, 0.6) is 0 Å². The van der Waals surface area contributed by atoms with Crippen LogP contribution in [0.3, 0.4) is 0 Å². The van der Waals surface area contributed by atoms with Gasteiger partial charge >= 0.3 is 6.09 Å². The lowest BCUT2D eigenvalue weighted by Gasteiger charge is -2.23.